The summed E-state index contributed by atoms with van der Waals surface area (Å²) in [5, 5.41) is 10.7. The van der Waals surface area contributed by atoms with E-state index in [-0.39, 0.29) is 5.56 Å². The van der Waals surface area contributed by atoms with Gasteiger partial charge in [-0.05, 0) is 48.7 Å². The third kappa shape index (κ3) is 2.40. The fourth-order valence-electron chi connectivity index (χ4n) is 1.96. The van der Waals surface area contributed by atoms with Crippen molar-refractivity contribution in [2.45, 2.75) is 20.0 Å². The van der Waals surface area contributed by atoms with Crippen molar-refractivity contribution in [3.63, 3.8) is 0 Å². The van der Waals surface area contributed by atoms with Crippen LogP contribution in [0.1, 0.15) is 28.4 Å². The molecule has 1 atom stereocenters. The number of benzene rings is 2. The van der Waals surface area contributed by atoms with Crippen molar-refractivity contribution in [3.05, 3.63) is 69.5 Å². The molecule has 0 heterocycles. The minimum Gasteiger partial charge on any atom is -0.384 e. The van der Waals surface area contributed by atoms with Gasteiger partial charge in [-0.3, -0.25) is 0 Å². The molecule has 0 saturated carbocycles. The number of aryl methyl sites for hydroxylation is 1. The smallest absolute Gasteiger partial charge is 0.129 e. The van der Waals surface area contributed by atoms with Gasteiger partial charge in [0.2, 0.25) is 0 Å². The maximum Gasteiger partial charge on any atom is 0.129 e. The lowest BCUT2D eigenvalue weighted by Crippen LogP contribution is -2.05. The number of hydrogen-bond acceptors (Lipinski definition) is 1. The normalized spacial score (nSPS) is 12.5. The standard InChI is InChI=1S/C15H14ClFO/c1-9-4-3-5-12(10(9)2)15(18)13-8-11(16)6-7-14(13)17/h3-8,15,18H,1-2H3. The van der Waals surface area contributed by atoms with Crippen LogP contribution in [0.15, 0.2) is 36.4 Å². The van der Waals surface area contributed by atoms with E-state index in [9.17, 15) is 9.50 Å². The maximum atomic E-state index is 13.7. The van der Waals surface area contributed by atoms with Gasteiger partial charge in [-0.25, -0.2) is 4.39 Å². The molecule has 0 spiro atoms. The van der Waals surface area contributed by atoms with E-state index in [0.29, 0.717) is 10.6 Å². The van der Waals surface area contributed by atoms with Crippen molar-refractivity contribution in [1.82, 2.24) is 0 Å². The molecule has 0 saturated heterocycles. The zero-order valence-electron chi connectivity index (χ0n) is 10.2. The molecule has 0 aliphatic rings. The molecule has 0 fully saturated rings. The van der Waals surface area contributed by atoms with Gasteiger partial charge in [-0.2, -0.15) is 0 Å². The fraction of sp³-hybridized carbons (Fsp3) is 0.200. The van der Waals surface area contributed by atoms with Crippen LogP contribution in [-0.2, 0) is 0 Å². The van der Waals surface area contributed by atoms with Crippen LogP contribution < -0.4 is 0 Å². The first kappa shape index (κ1) is 13.1. The molecule has 0 bridgehead atoms. The molecule has 1 N–H and O–H groups in total. The fourth-order valence-corrected chi connectivity index (χ4v) is 2.14. The van der Waals surface area contributed by atoms with Crippen LogP contribution in [0.4, 0.5) is 4.39 Å². The van der Waals surface area contributed by atoms with E-state index in [1.54, 1.807) is 6.07 Å². The zero-order chi connectivity index (χ0) is 13.3. The second-order valence-electron chi connectivity index (χ2n) is 4.36. The Bertz CT molecular complexity index is 579. The highest BCUT2D eigenvalue weighted by molar-refractivity contribution is 6.30. The van der Waals surface area contributed by atoms with Gasteiger partial charge < -0.3 is 5.11 Å². The summed E-state index contributed by atoms with van der Waals surface area (Å²) >= 11 is 5.84. The molecule has 1 nitrogen and oxygen atoms in total. The lowest BCUT2D eigenvalue weighted by Gasteiger charge is -2.16. The van der Waals surface area contributed by atoms with Gasteiger partial charge in [0.05, 0.1) is 0 Å². The van der Waals surface area contributed by atoms with Crippen molar-refractivity contribution in [1.29, 1.82) is 0 Å². The lowest BCUT2D eigenvalue weighted by atomic mass is 9.94. The van der Waals surface area contributed by atoms with Crippen LogP contribution in [0.3, 0.4) is 0 Å². The summed E-state index contributed by atoms with van der Waals surface area (Å²) in [7, 11) is 0. The first-order valence-corrected chi connectivity index (χ1v) is 6.07. The molecule has 18 heavy (non-hydrogen) atoms. The van der Waals surface area contributed by atoms with Crippen LogP contribution in [0.5, 0.6) is 0 Å². The summed E-state index contributed by atoms with van der Waals surface area (Å²) in [6, 6.07) is 9.81. The molecule has 2 aromatic rings. The van der Waals surface area contributed by atoms with Crippen molar-refractivity contribution in [3.8, 4) is 0 Å². The summed E-state index contributed by atoms with van der Waals surface area (Å²) in [6.45, 7) is 3.87. The quantitative estimate of drug-likeness (QED) is 0.863. The van der Waals surface area contributed by atoms with E-state index in [4.69, 9.17) is 11.6 Å². The van der Waals surface area contributed by atoms with Crippen molar-refractivity contribution < 1.29 is 9.50 Å². The summed E-state index contributed by atoms with van der Waals surface area (Å²) in [5.41, 5.74) is 2.94. The molecule has 0 radical (unpaired) electrons. The molecular formula is C15H14ClFO. The van der Waals surface area contributed by atoms with Crippen LogP contribution in [0, 0.1) is 19.7 Å². The number of halogens is 2. The number of aliphatic hydroxyl groups is 1. The average molecular weight is 265 g/mol. The maximum absolute atomic E-state index is 13.7. The monoisotopic (exact) mass is 264 g/mol. The van der Waals surface area contributed by atoms with Gasteiger partial charge in [-0.15, -0.1) is 0 Å². The summed E-state index contributed by atoms with van der Waals surface area (Å²) < 4.78 is 13.7. The molecule has 0 aromatic heterocycles. The van der Waals surface area contributed by atoms with Gasteiger partial charge in [-0.1, -0.05) is 29.8 Å². The van der Waals surface area contributed by atoms with Gasteiger partial charge in [0.25, 0.3) is 0 Å². The Hall–Kier alpha value is -1.38. The molecule has 2 rings (SSSR count). The van der Waals surface area contributed by atoms with E-state index in [0.717, 1.165) is 11.1 Å². The van der Waals surface area contributed by atoms with Crippen LogP contribution >= 0.6 is 11.6 Å². The summed E-state index contributed by atoms with van der Waals surface area (Å²) in [4.78, 5) is 0. The second kappa shape index (κ2) is 5.09. The van der Waals surface area contributed by atoms with Crippen molar-refractivity contribution in [2.24, 2.45) is 0 Å². The Balaban J connectivity index is 2.51. The molecule has 0 aliphatic heterocycles. The number of hydrogen-bond donors (Lipinski definition) is 1. The van der Waals surface area contributed by atoms with Crippen LogP contribution in [0.2, 0.25) is 5.02 Å². The van der Waals surface area contributed by atoms with Crippen LogP contribution in [-0.4, -0.2) is 5.11 Å². The van der Waals surface area contributed by atoms with Crippen LogP contribution in [0.25, 0.3) is 0 Å². The minimum atomic E-state index is -0.997. The summed E-state index contributed by atoms with van der Waals surface area (Å²) in [5.74, 6) is -0.451. The predicted octanol–water partition coefficient (Wildman–Crippen LogP) is 4.18. The molecule has 3 heteroatoms. The highest BCUT2D eigenvalue weighted by Crippen LogP contribution is 2.29. The first-order chi connectivity index (χ1) is 8.50. The largest absolute Gasteiger partial charge is 0.384 e. The van der Waals surface area contributed by atoms with E-state index in [1.807, 2.05) is 26.0 Å². The Morgan fingerprint density at radius 2 is 1.83 bits per heavy atom. The first-order valence-electron chi connectivity index (χ1n) is 5.70. The van der Waals surface area contributed by atoms with Crippen molar-refractivity contribution in [2.75, 3.05) is 0 Å². The van der Waals surface area contributed by atoms with E-state index in [1.165, 1.54) is 18.2 Å². The highest BCUT2D eigenvalue weighted by Gasteiger charge is 2.17. The van der Waals surface area contributed by atoms with Gasteiger partial charge in [0.15, 0.2) is 0 Å². The Morgan fingerprint density at radius 1 is 1.11 bits per heavy atom. The van der Waals surface area contributed by atoms with E-state index < -0.39 is 11.9 Å². The number of aliphatic hydroxyl groups excluding tert-OH is 1. The molecule has 0 aliphatic carbocycles. The van der Waals surface area contributed by atoms with Gasteiger partial charge >= 0.3 is 0 Å². The topological polar surface area (TPSA) is 20.2 Å². The molecule has 1 unspecified atom stereocenters. The summed E-state index contributed by atoms with van der Waals surface area (Å²) in [6.07, 6.45) is -0.997. The zero-order valence-corrected chi connectivity index (χ0v) is 11.0. The average Bonchev–Trinajstić information content (AvgIpc) is 2.35. The SMILES string of the molecule is Cc1cccc(C(O)c2cc(Cl)ccc2F)c1C. The lowest BCUT2D eigenvalue weighted by molar-refractivity contribution is 0.214. The number of rotatable bonds is 2. The van der Waals surface area contributed by atoms with E-state index in [2.05, 4.69) is 0 Å². The Morgan fingerprint density at radius 3 is 2.56 bits per heavy atom. The van der Waals surface area contributed by atoms with Crippen molar-refractivity contribution >= 4 is 11.6 Å². The van der Waals surface area contributed by atoms with E-state index >= 15 is 0 Å². The third-order valence-electron chi connectivity index (χ3n) is 3.19. The third-order valence-corrected chi connectivity index (χ3v) is 3.43. The predicted molar refractivity (Wildman–Crippen MR) is 71.4 cm³/mol. The van der Waals surface area contributed by atoms with Gasteiger partial charge in [0.1, 0.15) is 11.9 Å². The molecule has 2 aromatic carbocycles. The Kier molecular flexibility index (Phi) is 3.69. The minimum absolute atomic E-state index is 0.205. The molecule has 0 amide bonds. The Labute approximate surface area is 111 Å². The molecular weight excluding hydrogens is 251 g/mol. The molecule has 94 valence electrons. The second-order valence-corrected chi connectivity index (χ2v) is 4.79. The van der Waals surface area contributed by atoms with Gasteiger partial charge in [0, 0.05) is 10.6 Å². The highest BCUT2D eigenvalue weighted by atomic mass is 35.5.